The van der Waals surface area contributed by atoms with Crippen LogP contribution >= 0.6 is 0 Å². The van der Waals surface area contributed by atoms with Gasteiger partial charge in [0.2, 0.25) is 0 Å². The molecule has 0 saturated heterocycles. The normalized spacial score (nSPS) is 11.8. The molecule has 0 saturated carbocycles. The van der Waals surface area contributed by atoms with Crippen molar-refractivity contribution in [3.8, 4) is 0 Å². The molecule has 1 heteroatoms. The maximum absolute atomic E-state index is 4.12. The minimum Gasteiger partial charge on any atom is -0.304 e. The predicted molar refractivity (Wildman–Crippen MR) is 74.8 cm³/mol. The lowest BCUT2D eigenvalue weighted by atomic mass is 9.98. The fraction of sp³-hybridized carbons (Fsp3) is 0.867. The highest BCUT2D eigenvalue weighted by Crippen LogP contribution is 2.15. The van der Waals surface area contributed by atoms with Crippen molar-refractivity contribution in [2.45, 2.75) is 65.8 Å². The topological polar surface area (TPSA) is 3.24 Å². The minimum absolute atomic E-state index is 0.659. The summed E-state index contributed by atoms with van der Waals surface area (Å²) in [5.41, 5.74) is 1.42. The third-order valence-electron chi connectivity index (χ3n) is 3.46. The molecule has 0 bridgehead atoms. The standard InChI is InChI=1S/C15H31N/c1-13(2)15(5)11-9-7-8-10-12-16(6)14(3)4/h13-14H,5,7-12H2,1-4,6H3. The van der Waals surface area contributed by atoms with Gasteiger partial charge in [0.15, 0.2) is 0 Å². The fourth-order valence-electron chi connectivity index (χ4n) is 1.61. The summed E-state index contributed by atoms with van der Waals surface area (Å²) >= 11 is 0. The van der Waals surface area contributed by atoms with E-state index in [-0.39, 0.29) is 0 Å². The maximum atomic E-state index is 4.12. The quantitative estimate of drug-likeness (QED) is 0.413. The molecule has 0 spiro atoms. The van der Waals surface area contributed by atoms with Gasteiger partial charge in [-0.2, -0.15) is 0 Å². The lowest BCUT2D eigenvalue weighted by molar-refractivity contribution is 0.267. The molecule has 0 amide bonds. The van der Waals surface area contributed by atoms with E-state index in [0.717, 1.165) is 0 Å². The molecule has 0 fully saturated rings. The van der Waals surface area contributed by atoms with Crippen LogP contribution in [0.15, 0.2) is 12.2 Å². The van der Waals surface area contributed by atoms with Crippen LogP contribution < -0.4 is 0 Å². The molecule has 0 aromatic rings. The van der Waals surface area contributed by atoms with Gasteiger partial charge in [0, 0.05) is 6.04 Å². The number of hydrogen-bond donors (Lipinski definition) is 0. The van der Waals surface area contributed by atoms with Gasteiger partial charge in [0.05, 0.1) is 0 Å². The Labute approximate surface area is 103 Å². The molecule has 0 rings (SSSR count). The third kappa shape index (κ3) is 7.92. The Morgan fingerprint density at radius 3 is 2.06 bits per heavy atom. The molecule has 16 heavy (non-hydrogen) atoms. The average Bonchev–Trinajstić information content (AvgIpc) is 2.21. The summed E-state index contributed by atoms with van der Waals surface area (Å²) < 4.78 is 0. The molecule has 0 aliphatic carbocycles. The van der Waals surface area contributed by atoms with Gasteiger partial charge in [-0.25, -0.2) is 0 Å². The second-order valence-electron chi connectivity index (χ2n) is 5.55. The van der Waals surface area contributed by atoms with E-state index in [0.29, 0.717) is 12.0 Å². The van der Waals surface area contributed by atoms with Gasteiger partial charge >= 0.3 is 0 Å². The first-order chi connectivity index (χ1) is 7.45. The molecule has 0 unspecified atom stereocenters. The number of nitrogens with zero attached hydrogens (tertiary/aromatic N) is 1. The molecular formula is C15H31N. The Kier molecular flexibility index (Phi) is 8.64. The molecule has 96 valence electrons. The fourth-order valence-corrected chi connectivity index (χ4v) is 1.61. The van der Waals surface area contributed by atoms with Crippen LogP contribution in [0.4, 0.5) is 0 Å². The zero-order valence-electron chi connectivity index (χ0n) is 12.1. The summed E-state index contributed by atoms with van der Waals surface area (Å²) in [5.74, 6) is 0.659. The molecule has 1 nitrogen and oxygen atoms in total. The van der Waals surface area contributed by atoms with Crippen LogP contribution in [0, 0.1) is 5.92 Å². The number of hydrogen-bond acceptors (Lipinski definition) is 1. The van der Waals surface area contributed by atoms with Gasteiger partial charge in [-0.3, -0.25) is 0 Å². The van der Waals surface area contributed by atoms with Gasteiger partial charge in [-0.05, 0) is 52.6 Å². The Balaban J connectivity index is 3.31. The van der Waals surface area contributed by atoms with Crippen LogP contribution in [0.5, 0.6) is 0 Å². The minimum atomic E-state index is 0.659. The van der Waals surface area contributed by atoms with Gasteiger partial charge in [0.25, 0.3) is 0 Å². The predicted octanol–water partition coefficient (Wildman–Crippen LogP) is 4.49. The van der Waals surface area contributed by atoms with Crippen LogP contribution in [0.3, 0.4) is 0 Å². The van der Waals surface area contributed by atoms with Crippen LogP contribution in [0.1, 0.15) is 59.8 Å². The van der Waals surface area contributed by atoms with Crippen molar-refractivity contribution >= 4 is 0 Å². The Morgan fingerprint density at radius 1 is 1.00 bits per heavy atom. The van der Waals surface area contributed by atoms with E-state index in [1.165, 1.54) is 44.2 Å². The average molecular weight is 225 g/mol. The van der Waals surface area contributed by atoms with E-state index in [2.05, 4.69) is 46.2 Å². The van der Waals surface area contributed by atoms with Crippen LogP contribution in [0.2, 0.25) is 0 Å². The van der Waals surface area contributed by atoms with E-state index >= 15 is 0 Å². The van der Waals surface area contributed by atoms with Crippen LogP contribution in [-0.4, -0.2) is 24.5 Å². The molecule has 0 radical (unpaired) electrons. The summed E-state index contributed by atoms with van der Waals surface area (Å²) in [6, 6.07) is 0.681. The van der Waals surface area contributed by atoms with Crippen molar-refractivity contribution in [2.75, 3.05) is 13.6 Å². The van der Waals surface area contributed by atoms with Crippen molar-refractivity contribution in [2.24, 2.45) is 5.92 Å². The molecule has 0 aliphatic rings. The number of unbranched alkanes of at least 4 members (excludes halogenated alkanes) is 3. The summed E-state index contributed by atoms with van der Waals surface area (Å²) in [7, 11) is 2.21. The summed E-state index contributed by atoms with van der Waals surface area (Å²) in [6.45, 7) is 14.3. The first kappa shape index (κ1) is 15.7. The number of rotatable bonds is 9. The molecule has 0 N–H and O–H groups in total. The second kappa shape index (κ2) is 8.81. The molecular weight excluding hydrogens is 194 g/mol. The van der Waals surface area contributed by atoms with Gasteiger partial charge in [-0.15, -0.1) is 0 Å². The van der Waals surface area contributed by atoms with E-state index < -0.39 is 0 Å². The molecule has 0 aromatic carbocycles. The monoisotopic (exact) mass is 225 g/mol. The van der Waals surface area contributed by atoms with E-state index in [4.69, 9.17) is 0 Å². The Bertz CT molecular complexity index is 182. The summed E-state index contributed by atoms with van der Waals surface area (Å²) in [5, 5.41) is 0. The Morgan fingerprint density at radius 2 is 1.56 bits per heavy atom. The van der Waals surface area contributed by atoms with E-state index in [1.807, 2.05) is 0 Å². The molecule has 0 aromatic heterocycles. The molecule has 0 heterocycles. The third-order valence-corrected chi connectivity index (χ3v) is 3.46. The molecule has 0 aliphatic heterocycles. The van der Waals surface area contributed by atoms with Crippen LogP contribution in [-0.2, 0) is 0 Å². The first-order valence-corrected chi connectivity index (χ1v) is 6.83. The highest BCUT2D eigenvalue weighted by molar-refractivity contribution is 4.96. The van der Waals surface area contributed by atoms with E-state index in [1.54, 1.807) is 0 Å². The highest BCUT2D eigenvalue weighted by Gasteiger charge is 2.02. The van der Waals surface area contributed by atoms with Crippen molar-refractivity contribution in [3.05, 3.63) is 12.2 Å². The number of allylic oxidation sites excluding steroid dienone is 1. The van der Waals surface area contributed by atoms with E-state index in [9.17, 15) is 0 Å². The zero-order valence-corrected chi connectivity index (χ0v) is 12.1. The Hall–Kier alpha value is -0.300. The SMILES string of the molecule is C=C(CCCCCCN(C)C(C)C)C(C)C. The van der Waals surface area contributed by atoms with Gasteiger partial charge in [-0.1, -0.05) is 38.8 Å². The second-order valence-corrected chi connectivity index (χ2v) is 5.55. The highest BCUT2D eigenvalue weighted by atomic mass is 15.1. The summed E-state index contributed by atoms with van der Waals surface area (Å²) in [6.07, 6.45) is 6.60. The van der Waals surface area contributed by atoms with Gasteiger partial charge < -0.3 is 4.90 Å². The van der Waals surface area contributed by atoms with Crippen molar-refractivity contribution in [1.29, 1.82) is 0 Å². The lowest BCUT2D eigenvalue weighted by Crippen LogP contribution is -2.27. The van der Waals surface area contributed by atoms with Crippen LogP contribution in [0.25, 0.3) is 0 Å². The molecule has 0 atom stereocenters. The van der Waals surface area contributed by atoms with Crippen molar-refractivity contribution < 1.29 is 0 Å². The summed E-state index contributed by atoms with van der Waals surface area (Å²) in [4.78, 5) is 2.42. The lowest BCUT2D eigenvalue weighted by Gasteiger charge is -2.20. The smallest absolute Gasteiger partial charge is 0.00355 e. The van der Waals surface area contributed by atoms with Crippen molar-refractivity contribution in [3.63, 3.8) is 0 Å². The zero-order chi connectivity index (χ0) is 12.6. The largest absolute Gasteiger partial charge is 0.304 e. The first-order valence-electron chi connectivity index (χ1n) is 6.83. The van der Waals surface area contributed by atoms with Gasteiger partial charge in [0.1, 0.15) is 0 Å². The maximum Gasteiger partial charge on any atom is 0.00355 e. The van der Waals surface area contributed by atoms with Crippen molar-refractivity contribution in [1.82, 2.24) is 4.90 Å².